The quantitative estimate of drug-likeness (QED) is 0.383. The largest absolute Gasteiger partial charge is 0.295 e. The molecule has 0 bridgehead atoms. The van der Waals surface area contributed by atoms with E-state index in [2.05, 4.69) is 56.1 Å². The van der Waals surface area contributed by atoms with Crippen LogP contribution in [0.25, 0.3) is 0 Å². The van der Waals surface area contributed by atoms with Gasteiger partial charge in [-0.05, 0) is 35.4 Å². The van der Waals surface area contributed by atoms with Crippen LogP contribution in [-0.4, -0.2) is 13.9 Å². The highest BCUT2D eigenvalue weighted by Gasteiger charge is 2.24. The van der Waals surface area contributed by atoms with E-state index >= 15 is 0 Å². The zero-order valence-electron chi connectivity index (χ0n) is 13.8. The lowest BCUT2D eigenvalue weighted by molar-refractivity contribution is -0.118. The Morgan fingerprint density at radius 3 is 2.55 bits per heavy atom. The number of carbonyl (C=O) groups is 1. The van der Waals surface area contributed by atoms with E-state index in [4.69, 9.17) is 0 Å². The van der Waals surface area contributed by atoms with Crippen LogP contribution in [0.5, 0.6) is 0 Å². The Labute approximate surface area is 139 Å². The Balaban J connectivity index is 2.07. The number of thioether (sulfide) groups is 1. The van der Waals surface area contributed by atoms with Crippen LogP contribution in [0, 0.1) is 5.92 Å². The molecule has 0 saturated heterocycles. The van der Waals surface area contributed by atoms with Crippen LogP contribution < -0.4 is 0 Å². The zero-order valence-corrected chi connectivity index (χ0v) is 15.7. The van der Waals surface area contributed by atoms with Crippen LogP contribution in [0.4, 0.5) is 0 Å². The zero-order chi connectivity index (χ0) is 16.0. The summed E-state index contributed by atoms with van der Waals surface area (Å²) in [6, 6.07) is 10.5. The molecule has 0 amide bonds. The van der Waals surface area contributed by atoms with Gasteiger partial charge in [-0.3, -0.25) is 4.79 Å². The number of rotatable bonds is 6. The van der Waals surface area contributed by atoms with E-state index in [0.717, 1.165) is 25.0 Å². The van der Waals surface area contributed by atoms with Gasteiger partial charge in [0.15, 0.2) is 5.78 Å². The summed E-state index contributed by atoms with van der Waals surface area (Å²) in [7, 11) is -1.48. The molecule has 0 heterocycles. The van der Waals surface area contributed by atoms with Crippen LogP contribution in [0.15, 0.2) is 53.1 Å². The summed E-state index contributed by atoms with van der Waals surface area (Å²) in [6.07, 6.45) is 9.29. The Morgan fingerprint density at radius 2 is 1.95 bits per heavy atom. The molecule has 3 heteroatoms. The summed E-state index contributed by atoms with van der Waals surface area (Å²) < 4.78 is 1.33. The van der Waals surface area contributed by atoms with Crippen molar-refractivity contribution in [2.24, 2.45) is 5.92 Å². The van der Waals surface area contributed by atoms with E-state index in [9.17, 15) is 4.79 Å². The van der Waals surface area contributed by atoms with E-state index in [1.165, 1.54) is 10.1 Å². The molecule has 0 saturated carbocycles. The topological polar surface area (TPSA) is 17.1 Å². The van der Waals surface area contributed by atoms with Crippen molar-refractivity contribution in [3.63, 3.8) is 0 Å². The summed E-state index contributed by atoms with van der Waals surface area (Å²) in [4.78, 5) is 12.6. The van der Waals surface area contributed by atoms with Gasteiger partial charge < -0.3 is 0 Å². The summed E-state index contributed by atoms with van der Waals surface area (Å²) in [5.74, 6) is 1.49. The number of hydrogen-bond donors (Lipinski definition) is 0. The van der Waals surface area contributed by atoms with Crippen LogP contribution in [0.2, 0.25) is 19.6 Å². The summed E-state index contributed by atoms with van der Waals surface area (Å²) in [5, 5.41) is 0. The molecule has 22 heavy (non-hydrogen) atoms. The van der Waals surface area contributed by atoms with Gasteiger partial charge in [-0.25, -0.2) is 0 Å². The average molecular weight is 331 g/mol. The monoisotopic (exact) mass is 330 g/mol. The molecule has 0 radical (unpaired) electrons. The van der Waals surface area contributed by atoms with Gasteiger partial charge in [0.05, 0.1) is 8.07 Å². The number of benzene rings is 1. The second-order valence-corrected chi connectivity index (χ2v) is 13.3. The minimum Gasteiger partial charge on any atom is -0.295 e. The number of carbonyl (C=O) groups excluding carboxylic acids is 1. The van der Waals surface area contributed by atoms with Crippen molar-refractivity contribution in [3.8, 4) is 0 Å². The maximum atomic E-state index is 12.6. The second kappa shape index (κ2) is 7.98. The summed E-state index contributed by atoms with van der Waals surface area (Å²) >= 11 is 1.86. The van der Waals surface area contributed by atoms with Gasteiger partial charge in [0.2, 0.25) is 0 Å². The van der Waals surface area contributed by atoms with E-state index < -0.39 is 8.07 Å². The van der Waals surface area contributed by atoms with E-state index in [1.807, 2.05) is 23.9 Å². The maximum absolute atomic E-state index is 12.6. The first-order valence-corrected chi connectivity index (χ1v) is 12.5. The molecular weight excluding hydrogens is 304 g/mol. The summed E-state index contributed by atoms with van der Waals surface area (Å²) in [6.45, 7) is 6.97. The smallest absolute Gasteiger partial charge is 0.159 e. The molecule has 0 aromatic heterocycles. The predicted octanol–water partition coefficient (Wildman–Crippen LogP) is 5.61. The first-order chi connectivity index (χ1) is 10.5. The molecule has 1 unspecified atom stereocenters. The molecule has 1 aromatic rings. The molecule has 0 aliphatic heterocycles. The van der Waals surface area contributed by atoms with Crippen molar-refractivity contribution in [2.75, 3.05) is 0 Å². The van der Waals surface area contributed by atoms with Gasteiger partial charge in [0.1, 0.15) is 0 Å². The minimum absolute atomic E-state index is 0.202. The van der Waals surface area contributed by atoms with Gasteiger partial charge in [0, 0.05) is 11.7 Å². The fourth-order valence-corrected chi connectivity index (χ4v) is 5.75. The molecule has 118 valence electrons. The van der Waals surface area contributed by atoms with Crippen LogP contribution in [0.3, 0.4) is 0 Å². The highest BCUT2D eigenvalue weighted by Crippen LogP contribution is 2.31. The standard InChI is InChI=1S/C19H26OSSi/c1-22(2,3)19(21-15-16-10-6-4-7-11-16)14-18(20)17-12-8-5-9-13-17/h4-8,10-11,14,17H,9,12-13,15H2,1-3H3/b19-14-. The van der Waals surface area contributed by atoms with Crippen molar-refractivity contribution >= 4 is 25.6 Å². The van der Waals surface area contributed by atoms with E-state index in [1.54, 1.807) is 0 Å². The number of ketones is 1. The Hall–Kier alpha value is -1.06. The average Bonchev–Trinajstić information content (AvgIpc) is 2.52. The lowest BCUT2D eigenvalue weighted by Crippen LogP contribution is -2.24. The van der Waals surface area contributed by atoms with Crippen molar-refractivity contribution in [3.05, 3.63) is 58.7 Å². The molecule has 1 aliphatic carbocycles. The highest BCUT2D eigenvalue weighted by molar-refractivity contribution is 8.04. The van der Waals surface area contributed by atoms with Crippen LogP contribution in [0.1, 0.15) is 24.8 Å². The van der Waals surface area contributed by atoms with E-state index in [0.29, 0.717) is 5.78 Å². The molecule has 1 nitrogen and oxygen atoms in total. The lowest BCUT2D eigenvalue weighted by Gasteiger charge is -2.22. The van der Waals surface area contributed by atoms with Gasteiger partial charge in [0.25, 0.3) is 0 Å². The molecular formula is C19H26OSSi. The molecule has 1 aliphatic rings. The van der Waals surface area contributed by atoms with Crippen molar-refractivity contribution in [1.82, 2.24) is 0 Å². The van der Waals surface area contributed by atoms with Crippen molar-refractivity contribution in [1.29, 1.82) is 0 Å². The van der Waals surface area contributed by atoms with Crippen molar-refractivity contribution < 1.29 is 4.79 Å². The maximum Gasteiger partial charge on any atom is 0.159 e. The third-order valence-electron chi connectivity index (χ3n) is 3.92. The normalized spacial score (nSPS) is 19.2. The molecule has 0 spiro atoms. The van der Waals surface area contributed by atoms with Crippen LogP contribution in [-0.2, 0) is 10.5 Å². The Kier molecular flexibility index (Phi) is 6.27. The molecule has 1 atom stereocenters. The molecule has 0 N–H and O–H groups in total. The lowest BCUT2D eigenvalue weighted by atomic mass is 9.91. The molecule has 2 rings (SSSR count). The number of hydrogen-bond acceptors (Lipinski definition) is 2. The van der Waals surface area contributed by atoms with Gasteiger partial charge in [-0.2, -0.15) is 0 Å². The van der Waals surface area contributed by atoms with Crippen molar-refractivity contribution in [2.45, 2.75) is 44.7 Å². The first kappa shape index (κ1) is 17.3. The minimum atomic E-state index is -1.48. The van der Waals surface area contributed by atoms with E-state index in [-0.39, 0.29) is 5.92 Å². The number of allylic oxidation sites excluding steroid dienone is 3. The van der Waals surface area contributed by atoms with Gasteiger partial charge in [-0.15, -0.1) is 11.8 Å². The summed E-state index contributed by atoms with van der Waals surface area (Å²) in [5.41, 5.74) is 1.32. The Bertz CT molecular complexity index is 555. The predicted molar refractivity (Wildman–Crippen MR) is 101 cm³/mol. The molecule has 0 fully saturated rings. The first-order valence-electron chi connectivity index (χ1n) is 8.04. The van der Waals surface area contributed by atoms with Gasteiger partial charge >= 0.3 is 0 Å². The van der Waals surface area contributed by atoms with Gasteiger partial charge in [-0.1, -0.05) is 62.1 Å². The third kappa shape index (κ3) is 5.29. The fourth-order valence-electron chi connectivity index (χ4n) is 2.51. The second-order valence-electron chi connectivity index (χ2n) is 6.92. The fraction of sp³-hybridized carbons (Fsp3) is 0.421. The third-order valence-corrected chi connectivity index (χ3v) is 8.72. The Morgan fingerprint density at radius 1 is 1.23 bits per heavy atom. The van der Waals surface area contributed by atoms with Crippen LogP contribution >= 0.6 is 11.8 Å². The highest BCUT2D eigenvalue weighted by atomic mass is 32.2. The molecule has 1 aromatic carbocycles. The SMILES string of the molecule is C[Si](C)(C)/C(=C\C(=O)C1CC=CCC1)SCc1ccccc1.